The minimum atomic E-state index is 0.243. The van der Waals surface area contributed by atoms with Crippen molar-refractivity contribution in [3.05, 3.63) is 55.7 Å². The number of fused-ring (bicyclic) bond motifs is 1. The molecule has 108 valence electrons. The normalized spacial score (nSPS) is 11.3. The number of nitrogens with zero attached hydrogens (tertiary/aromatic N) is 2. The van der Waals surface area contributed by atoms with E-state index < -0.39 is 0 Å². The van der Waals surface area contributed by atoms with Gasteiger partial charge in [-0.2, -0.15) is 0 Å². The molecule has 0 aliphatic rings. The zero-order valence-electron chi connectivity index (χ0n) is 10.4. The van der Waals surface area contributed by atoms with Crippen LogP contribution in [-0.2, 0) is 5.88 Å². The molecule has 0 bridgehead atoms. The van der Waals surface area contributed by atoms with Crippen LogP contribution in [0.3, 0.4) is 0 Å². The summed E-state index contributed by atoms with van der Waals surface area (Å²) < 4.78 is 2.79. The Bertz CT molecular complexity index is 845. The molecule has 0 radical (unpaired) electrons. The third kappa shape index (κ3) is 2.78. The van der Waals surface area contributed by atoms with E-state index in [1.54, 1.807) is 12.1 Å². The molecular weight excluding hydrogens is 418 g/mol. The topological polar surface area (TPSA) is 17.8 Å². The van der Waals surface area contributed by atoms with Crippen LogP contribution in [0.5, 0.6) is 0 Å². The van der Waals surface area contributed by atoms with Crippen molar-refractivity contribution >= 4 is 73.4 Å². The van der Waals surface area contributed by atoms with Gasteiger partial charge in [0.25, 0.3) is 0 Å². The number of halogens is 5. The number of aromatic nitrogens is 2. The molecule has 0 saturated heterocycles. The summed E-state index contributed by atoms with van der Waals surface area (Å²) in [6.07, 6.45) is 0. The van der Waals surface area contributed by atoms with Gasteiger partial charge >= 0.3 is 0 Å². The molecule has 2 nitrogen and oxygen atoms in total. The molecule has 2 aromatic carbocycles. The number of imidazole rings is 1. The van der Waals surface area contributed by atoms with E-state index in [4.69, 9.17) is 46.4 Å². The fourth-order valence-corrected chi connectivity index (χ4v) is 3.18. The summed E-state index contributed by atoms with van der Waals surface area (Å²) in [4.78, 5) is 4.49. The Hall–Kier alpha value is -0.450. The highest BCUT2D eigenvalue weighted by molar-refractivity contribution is 9.10. The Morgan fingerprint density at radius 2 is 1.71 bits per heavy atom. The van der Waals surface area contributed by atoms with Crippen molar-refractivity contribution < 1.29 is 0 Å². The van der Waals surface area contributed by atoms with Gasteiger partial charge in [-0.3, -0.25) is 4.57 Å². The summed E-state index contributed by atoms with van der Waals surface area (Å²) in [6.45, 7) is 0. The molecule has 0 unspecified atom stereocenters. The second kappa shape index (κ2) is 5.98. The van der Waals surface area contributed by atoms with E-state index >= 15 is 0 Å². The van der Waals surface area contributed by atoms with Crippen molar-refractivity contribution in [1.29, 1.82) is 0 Å². The fraction of sp³-hybridized carbons (Fsp3) is 0.0714. The van der Waals surface area contributed by atoms with Crippen LogP contribution >= 0.6 is 62.3 Å². The van der Waals surface area contributed by atoms with E-state index in [9.17, 15) is 0 Å². The average molecular weight is 425 g/mol. The van der Waals surface area contributed by atoms with Crippen molar-refractivity contribution in [2.24, 2.45) is 0 Å². The molecular formula is C14H7BrCl4N2. The molecule has 0 atom stereocenters. The predicted octanol–water partition coefficient (Wildman–Crippen LogP) is 6.49. The zero-order chi connectivity index (χ0) is 15.1. The number of benzene rings is 2. The van der Waals surface area contributed by atoms with Gasteiger partial charge in [0.2, 0.25) is 0 Å². The molecule has 0 fully saturated rings. The SMILES string of the molecule is ClCc1nc2cc(Cl)c(Cl)cc2n1-c1cc(Br)ccc1Cl. The van der Waals surface area contributed by atoms with Crippen LogP contribution in [0, 0.1) is 0 Å². The quantitative estimate of drug-likeness (QED) is 0.430. The average Bonchev–Trinajstić information content (AvgIpc) is 2.79. The van der Waals surface area contributed by atoms with E-state index in [-0.39, 0.29) is 5.88 Å². The summed E-state index contributed by atoms with van der Waals surface area (Å²) in [6, 6.07) is 9.07. The van der Waals surface area contributed by atoms with Gasteiger partial charge in [0, 0.05) is 4.47 Å². The lowest BCUT2D eigenvalue weighted by atomic mass is 10.2. The maximum atomic E-state index is 6.32. The third-order valence-corrected chi connectivity index (χ3v) is 4.81. The molecule has 3 rings (SSSR count). The Morgan fingerprint density at radius 1 is 1.00 bits per heavy atom. The summed E-state index contributed by atoms with van der Waals surface area (Å²) in [7, 11) is 0. The smallest absolute Gasteiger partial charge is 0.129 e. The lowest BCUT2D eigenvalue weighted by Crippen LogP contribution is -2.00. The van der Waals surface area contributed by atoms with Gasteiger partial charge in [-0.05, 0) is 30.3 Å². The second-order valence-electron chi connectivity index (χ2n) is 4.35. The lowest BCUT2D eigenvalue weighted by molar-refractivity contribution is 0.981. The van der Waals surface area contributed by atoms with Crippen LogP contribution in [0.2, 0.25) is 15.1 Å². The van der Waals surface area contributed by atoms with E-state index in [2.05, 4.69) is 20.9 Å². The molecule has 0 spiro atoms. The number of alkyl halides is 1. The van der Waals surface area contributed by atoms with Crippen LogP contribution in [0.4, 0.5) is 0 Å². The zero-order valence-corrected chi connectivity index (χ0v) is 15.0. The van der Waals surface area contributed by atoms with Gasteiger partial charge in [-0.15, -0.1) is 11.6 Å². The Balaban J connectivity index is 2.40. The molecule has 0 amide bonds. The lowest BCUT2D eigenvalue weighted by Gasteiger charge is -2.10. The highest BCUT2D eigenvalue weighted by atomic mass is 79.9. The second-order valence-corrected chi connectivity index (χ2v) is 6.75. The molecule has 7 heteroatoms. The van der Waals surface area contributed by atoms with E-state index in [0.717, 1.165) is 21.2 Å². The van der Waals surface area contributed by atoms with Crippen LogP contribution in [0.15, 0.2) is 34.8 Å². The molecule has 0 aliphatic heterocycles. The first-order valence-electron chi connectivity index (χ1n) is 5.89. The van der Waals surface area contributed by atoms with Crippen LogP contribution in [-0.4, -0.2) is 9.55 Å². The van der Waals surface area contributed by atoms with Gasteiger partial charge < -0.3 is 0 Å². The first-order chi connectivity index (χ1) is 10.0. The largest absolute Gasteiger partial charge is 0.294 e. The molecule has 3 aromatic rings. The molecule has 0 aliphatic carbocycles. The summed E-state index contributed by atoms with van der Waals surface area (Å²) in [5.41, 5.74) is 2.30. The molecule has 0 N–H and O–H groups in total. The Morgan fingerprint density at radius 3 is 2.43 bits per heavy atom. The number of hydrogen-bond acceptors (Lipinski definition) is 1. The maximum Gasteiger partial charge on any atom is 0.129 e. The predicted molar refractivity (Wildman–Crippen MR) is 93.4 cm³/mol. The van der Waals surface area contributed by atoms with Gasteiger partial charge in [-0.25, -0.2) is 4.98 Å². The van der Waals surface area contributed by atoms with Gasteiger partial charge in [-0.1, -0.05) is 50.7 Å². The molecule has 1 aromatic heterocycles. The summed E-state index contributed by atoms with van der Waals surface area (Å²) in [5, 5.41) is 1.50. The van der Waals surface area contributed by atoms with Crippen molar-refractivity contribution in [3.8, 4) is 5.69 Å². The maximum absolute atomic E-state index is 6.32. The highest BCUT2D eigenvalue weighted by Crippen LogP contribution is 2.33. The van der Waals surface area contributed by atoms with Gasteiger partial charge in [0.15, 0.2) is 0 Å². The van der Waals surface area contributed by atoms with E-state index in [1.165, 1.54) is 0 Å². The van der Waals surface area contributed by atoms with Crippen molar-refractivity contribution in [2.75, 3.05) is 0 Å². The third-order valence-electron chi connectivity index (χ3n) is 3.03. The monoisotopic (exact) mass is 422 g/mol. The van der Waals surface area contributed by atoms with Crippen LogP contribution in [0.1, 0.15) is 5.82 Å². The first-order valence-corrected chi connectivity index (χ1v) is 8.35. The van der Waals surface area contributed by atoms with Crippen molar-refractivity contribution in [1.82, 2.24) is 9.55 Å². The van der Waals surface area contributed by atoms with Gasteiger partial charge in [0.05, 0.1) is 37.7 Å². The summed E-state index contributed by atoms with van der Waals surface area (Å²) >= 11 is 28.0. The molecule has 1 heterocycles. The van der Waals surface area contributed by atoms with Crippen LogP contribution < -0.4 is 0 Å². The fourth-order valence-electron chi connectivity index (χ4n) is 2.14. The minimum absolute atomic E-state index is 0.243. The van der Waals surface area contributed by atoms with Crippen molar-refractivity contribution in [2.45, 2.75) is 5.88 Å². The van der Waals surface area contributed by atoms with Crippen LogP contribution in [0.25, 0.3) is 16.7 Å². The number of rotatable bonds is 2. The van der Waals surface area contributed by atoms with Crippen molar-refractivity contribution in [3.63, 3.8) is 0 Å². The summed E-state index contributed by atoms with van der Waals surface area (Å²) in [5.74, 6) is 0.914. The standard InChI is InChI=1S/C14H7BrCl4N2/c15-7-1-2-8(17)12(3-7)21-13-5-10(19)9(18)4-11(13)20-14(21)6-16/h1-5H,6H2. The Kier molecular flexibility index (Phi) is 4.40. The first kappa shape index (κ1) is 15.4. The van der Waals surface area contributed by atoms with Gasteiger partial charge in [0.1, 0.15) is 5.82 Å². The highest BCUT2D eigenvalue weighted by Gasteiger charge is 2.16. The molecule has 21 heavy (non-hydrogen) atoms. The van der Waals surface area contributed by atoms with E-state index in [1.807, 2.05) is 22.8 Å². The molecule has 0 saturated carbocycles. The number of hydrogen-bond donors (Lipinski definition) is 0. The Labute approximate surface area is 149 Å². The minimum Gasteiger partial charge on any atom is -0.294 e. The van der Waals surface area contributed by atoms with E-state index in [0.29, 0.717) is 20.9 Å².